The molecule has 0 bridgehead atoms. The highest BCUT2D eigenvalue weighted by Gasteiger charge is 2.04. The molecule has 5 heteroatoms. The number of amides is 1. The van der Waals surface area contributed by atoms with E-state index in [0.717, 1.165) is 19.3 Å². The summed E-state index contributed by atoms with van der Waals surface area (Å²) in [5, 5.41) is 2.81. The molecule has 0 aliphatic carbocycles. The van der Waals surface area contributed by atoms with Crippen molar-refractivity contribution in [2.24, 2.45) is 5.73 Å². The molecule has 0 radical (unpaired) electrons. The summed E-state index contributed by atoms with van der Waals surface area (Å²) in [5.74, 6) is 0.0192. The fourth-order valence-electron chi connectivity index (χ4n) is 1.30. The summed E-state index contributed by atoms with van der Waals surface area (Å²) < 4.78 is 0.658. The first-order valence-electron chi connectivity index (χ1n) is 5.34. The van der Waals surface area contributed by atoms with Gasteiger partial charge in [0.15, 0.2) is 0 Å². The van der Waals surface area contributed by atoms with Crippen molar-refractivity contribution in [1.82, 2.24) is 4.98 Å². The fraction of sp³-hybridized carbons (Fsp3) is 0.455. The Morgan fingerprint density at radius 3 is 2.94 bits per heavy atom. The first-order valence-corrected chi connectivity index (χ1v) is 6.14. The van der Waals surface area contributed by atoms with Crippen molar-refractivity contribution in [3.8, 4) is 0 Å². The third-order valence-corrected chi connectivity index (χ3v) is 2.77. The Labute approximate surface area is 104 Å². The molecule has 0 unspecified atom stereocenters. The molecule has 1 aromatic heterocycles. The van der Waals surface area contributed by atoms with Gasteiger partial charge in [-0.1, -0.05) is 6.42 Å². The predicted molar refractivity (Wildman–Crippen MR) is 68.1 cm³/mol. The molecule has 1 rings (SSSR count). The van der Waals surface area contributed by atoms with Gasteiger partial charge in [-0.2, -0.15) is 0 Å². The van der Waals surface area contributed by atoms with Crippen LogP contribution in [0.5, 0.6) is 0 Å². The average molecular weight is 286 g/mol. The second kappa shape index (κ2) is 7.35. The van der Waals surface area contributed by atoms with Gasteiger partial charge in [-0.3, -0.25) is 4.79 Å². The smallest absolute Gasteiger partial charge is 0.224 e. The van der Waals surface area contributed by atoms with Crippen LogP contribution in [0.25, 0.3) is 0 Å². The van der Waals surface area contributed by atoms with E-state index < -0.39 is 0 Å². The zero-order chi connectivity index (χ0) is 11.8. The number of nitrogens with two attached hydrogens (primary N) is 1. The van der Waals surface area contributed by atoms with E-state index in [9.17, 15) is 4.79 Å². The van der Waals surface area contributed by atoms with Gasteiger partial charge in [-0.25, -0.2) is 4.98 Å². The average Bonchev–Trinajstić information content (AvgIpc) is 2.28. The zero-order valence-electron chi connectivity index (χ0n) is 9.08. The molecular formula is C11H16BrN3O. The number of carbonyl (C=O) groups excluding carboxylic acids is 1. The van der Waals surface area contributed by atoms with Crippen molar-refractivity contribution in [3.05, 3.63) is 22.9 Å². The van der Waals surface area contributed by atoms with Gasteiger partial charge in [0, 0.05) is 12.6 Å². The largest absolute Gasteiger partial charge is 0.330 e. The van der Waals surface area contributed by atoms with Gasteiger partial charge in [-0.15, -0.1) is 0 Å². The van der Waals surface area contributed by atoms with Gasteiger partial charge < -0.3 is 11.1 Å². The molecule has 1 heterocycles. The Morgan fingerprint density at radius 2 is 2.25 bits per heavy atom. The monoisotopic (exact) mass is 285 g/mol. The van der Waals surface area contributed by atoms with Gasteiger partial charge in [0.25, 0.3) is 0 Å². The van der Waals surface area contributed by atoms with Gasteiger partial charge in [-0.05, 0) is 47.4 Å². The third-order valence-electron chi connectivity index (χ3n) is 2.14. The van der Waals surface area contributed by atoms with E-state index >= 15 is 0 Å². The second-order valence-corrected chi connectivity index (χ2v) is 4.24. The highest BCUT2D eigenvalue weighted by molar-refractivity contribution is 9.10. The van der Waals surface area contributed by atoms with E-state index in [1.807, 2.05) is 6.07 Å². The van der Waals surface area contributed by atoms with E-state index in [0.29, 0.717) is 23.3 Å². The normalized spacial score (nSPS) is 10.1. The van der Waals surface area contributed by atoms with Crippen molar-refractivity contribution in [1.29, 1.82) is 0 Å². The maximum atomic E-state index is 11.5. The predicted octanol–water partition coefficient (Wildman–Crippen LogP) is 2.30. The molecule has 16 heavy (non-hydrogen) atoms. The zero-order valence-corrected chi connectivity index (χ0v) is 10.7. The van der Waals surface area contributed by atoms with Crippen LogP contribution in [-0.2, 0) is 4.79 Å². The summed E-state index contributed by atoms with van der Waals surface area (Å²) in [6.45, 7) is 0.690. The number of aromatic nitrogens is 1. The number of nitrogens with one attached hydrogen (secondary N) is 1. The lowest BCUT2D eigenvalue weighted by molar-refractivity contribution is -0.116. The maximum Gasteiger partial charge on any atom is 0.224 e. The Balaban J connectivity index is 2.32. The number of unbranched alkanes of at least 4 members (excludes halogenated alkanes) is 2. The SMILES string of the molecule is NCCCCCC(=O)Nc1cccnc1Br. The Bertz CT molecular complexity index is 344. The first kappa shape index (κ1) is 13.1. The molecule has 1 amide bonds. The summed E-state index contributed by atoms with van der Waals surface area (Å²) in [5.41, 5.74) is 6.09. The van der Waals surface area contributed by atoms with E-state index in [1.165, 1.54) is 0 Å². The van der Waals surface area contributed by atoms with Crippen molar-refractivity contribution < 1.29 is 4.79 Å². The number of hydrogen-bond donors (Lipinski definition) is 2. The number of hydrogen-bond acceptors (Lipinski definition) is 3. The summed E-state index contributed by atoms with van der Waals surface area (Å²) in [4.78, 5) is 15.6. The number of pyridine rings is 1. The molecule has 1 aromatic rings. The van der Waals surface area contributed by atoms with Crippen molar-refractivity contribution >= 4 is 27.5 Å². The molecule has 0 aliphatic rings. The fourth-order valence-corrected chi connectivity index (χ4v) is 1.65. The molecule has 3 N–H and O–H groups in total. The molecule has 0 aromatic carbocycles. The van der Waals surface area contributed by atoms with E-state index in [-0.39, 0.29) is 5.91 Å². The minimum Gasteiger partial charge on any atom is -0.330 e. The molecule has 0 fully saturated rings. The van der Waals surface area contributed by atoms with Gasteiger partial charge >= 0.3 is 0 Å². The molecule has 0 aliphatic heterocycles. The van der Waals surface area contributed by atoms with Crippen LogP contribution in [0.2, 0.25) is 0 Å². The highest BCUT2D eigenvalue weighted by Crippen LogP contribution is 2.18. The van der Waals surface area contributed by atoms with Crippen LogP contribution in [-0.4, -0.2) is 17.4 Å². The Hall–Kier alpha value is -0.940. The topological polar surface area (TPSA) is 68.0 Å². The van der Waals surface area contributed by atoms with Crippen LogP contribution in [0, 0.1) is 0 Å². The Kier molecular flexibility index (Phi) is 6.03. The second-order valence-electron chi connectivity index (χ2n) is 3.49. The number of nitrogens with zero attached hydrogens (tertiary/aromatic N) is 1. The van der Waals surface area contributed by atoms with Crippen LogP contribution in [0.15, 0.2) is 22.9 Å². The molecule has 0 saturated heterocycles. The lowest BCUT2D eigenvalue weighted by atomic mass is 10.2. The van der Waals surface area contributed by atoms with Crippen LogP contribution in [0.4, 0.5) is 5.69 Å². The number of halogens is 1. The first-order chi connectivity index (χ1) is 7.74. The van der Waals surface area contributed by atoms with E-state index in [1.54, 1.807) is 12.3 Å². The van der Waals surface area contributed by atoms with Crippen molar-refractivity contribution in [2.75, 3.05) is 11.9 Å². The third kappa shape index (κ3) is 4.72. The van der Waals surface area contributed by atoms with E-state index in [4.69, 9.17) is 5.73 Å². The minimum absolute atomic E-state index is 0.0192. The molecule has 88 valence electrons. The molecule has 4 nitrogen and oxygen atoms in total. The number of carbonyl (C=O) groups is 1. The summed E-state index contributed by atoms with van der Waals surface area (Å²) >= 11 is 3.28. The van der Waals surface area contributed by atoms with Crippen molar-refractivity contribution in [3.63, 3.8) is 0 Å². The van der Waals surface area contributed by atoms with Crippen LogP contribution >= 0.6 is 15.9 Å². The molecular weight excluding hydrogens is 270 g/mol. The standard InChI is InChI=1S/C11H16BrN3O/c12-11-9(5-4-8-14-11)15-10(16)6-2-1-3-7-13/h4-5,8H,1-3,6-7,13H2,(H,15,16). The minimum atomic E-state index is 0.0192. The molecule has 0 spiro atoms. The quantitative estimate of drug-likeness (QED) is 0.623. The van der Waals surface area contributed by atoms with Gasteiger partial charge in [0.1, 0.15) is 4.60 Å². The highest BCUT2D eigenvalue weighted by atomic mass is 79.9. The van der Waals surface area contributed by atoms with Crippen LogP contribution < -0.4 is 11.1 Å². The molecule has 0 atom stereocenters. The summed E-state index contributed by atoms with van der Waals surface area (Å²) in [6.07, 6.45) is 5.05. The van der Waals surface area contributed by atoms with Crippen LogP contribution in [0.3, 0.4) is 0 Å². The van der Waals surface area contributed by atoms with E-state index in [2.05, 4.69) is 26.2 Å². The lowest BCUT2D eigenvalue weighted by Crippen LogP contribution is -2.12. The van der Waals surface area contributed by atoms with Crippen LogP contribution in [0.1, 0.15) is 25.7 Å². The van der Waals surface area contributed by atoms with Gasteiger partial charge in [0.05, 0.1) is 5.69 Å². The molecule has 0 saturated carbocycles. The van der Waals surface area contributed by atoms with Gasteiger partial charge in [0.2, 0.25) is 5.91 Å². The summed E-state index contributed by atoms with van der Waals surface area (Å²) in [7, 11) is 0. The summed E-state index contributed by atoms with van der Waals surface area (Å²) in [6, 6.07) is 3.60. The van der Waals surface area contributed by atoms with Crippen molar-refractivity contribution in [2.45, 2.75) is 25.7 Å². The number of rotatable bonds is 6. The lowest BCUT2D eigenvalue weighted by Gasteiger charge is -2.05. The Morgan fingerprint density at radius 1 is 1.44 bits per heavy atom. The number of anilines is 1. The maximum absolute atomic E-state index is 11.5.